The number of rotatable bonds is 3. The van der Waals surface area contributed by atoms with Gasteiger partial charge in [-0.25, -0.2) is 15.5 Å². The zero-order valence-electron chi connectivity index (χ0n) is 12.7. The summed E-state index contributed by atoms with van der Waals surface area (Å²) < 4.78 is 1.81. The third-order valence-corrected chi connectivity index (χ3v) is 5.44. The summed E-state index contributed by atoms with van der Waals surface area (Å²) in [6, 6.07) is 0.163. The van der Waals surface area contributed by atoms with Gasteiger partial charge < -0.3 is 0 Å². The molecule has 3 aliphatic rings. The Hall–Kier alpha value is -2.28. The molecule has 2 saturated carbocycles. The Balaban J connectivity index is 1.58. The predicted octanol–water partition coefficient (Wildman–Crippen LogP) is 1.19. The summed E-state index contributed by atoms with van der Waals surface area (Å²) in [7, 11) is 0. The van der Waals surface area contributed by atoms with E-state index in [0.29, 0.717) is 23.3 Å². The van der Waals surface area contributed by atoms with E-state index in [1.165, 1.54) is 11.4 Å². The molecule has 2 heterocycles. The normalized spacial score (nSPS) is 24.7. The maximum Gasteiger partial charge on any atom is 0.288 e. The van der Waals surface area contributed by atoms with E-state index in [-0.39, 0.29) is 11.9 Å². The van der Waals surface area contributed by atoms with Gasteiger partial charge in [-0.05, 0) is 38.0 Å². The number of nitrogens with two attached hydrogens (primary N) is 1. The molecule has 2 fully saturated rings. The zero-order valence-corrected chi connectivity index (χ0v) is 12.7. The largest absolute Gasteiger partial charge is 0.288 e. The van der Waals surface area contributed by atoms with Crippen LogP contribution in [0.2, 0.25) is 0 Å². The fourth-order valence-electron chi connectivity index (χ4n) is 3.82. The average molecular weight is 310 g/mol. The van der Waals surface area contributed by atoms with E-state index >= 15 is 0 Å². The highest BCUT2D eigenvalue weighted by atomic mass is 16.2. The fourth-order valence-corrected chi connectivity index (χ4v) is 3.82. The number of hydrogen-bond donors (Lipinski definition) is 1. The first-order valence-electron chi connectivity index (χ1n) is 8.20. The van der Waals surface area contributed by atoms with Crippen LogP contribution in [0.15, 0.2) is 18.6 Å². The molecule has 7 nitrogen and oxygen atoms in total. The second-order valence-corrected chi connectivity index (χ2v) is 6.79. The zero-order chi connectivity index (χ0) is 15.6. The van der Waals surface area contributed by atoms with Crippen molar-refractivity contribution in [1.29, 1.82) is 0 Å². The van der Waals surface area contributed by atoms with Crippen molar-refractivity contribution in [3.63, 3.8) is 0 Å². The second kappa shape index (κ2) is 4.61. The number of amides is 1. The molecule has 7 heteroatoms. The highest BCUT2D eigenvalue weighted by molar-refractivity contribution is 5.94. The quantitative estimate of drug-likeness (QED) is 0.522. The van der Waals surface area contributed by atoms with E-state index in [9.17, 15) is 4.79 Å². The van der Waals surface area contributed by atoms with Crippen LogP contribution in [0.3, 0.4) is 0 Å². The minimum Gasteiger partial charge on any atom is -0.272 e. The summed E-state index contributed by atoms with van der Waals surface area (Å²) in [5.41, 5.74) is 2.71. The SMILES string of the molecule is NN(C(=O)c1nn(-c2cnccn2)c2c1C[C@H]1C[C@@H]21)C1CCC1. The molecule has 2 aromatic rings. The molecule has 0 unspecified atom stereocenters. The van der Waals surface area contributed by atoms with E-state index in [4.69, 9.17) is 5.84 Å². The summed E-state index contributed by atoms with van der Waals surface area (Å²) in [4.78, 5) is 21.3. The smallest absolute Gasteiger partial charge is 0.272 e. The molecule has 2 N–H and O–H groups in total. The average Bonchev–Trinajstić information content (AvgIpc) is 3.02. The topological polar surface area (TPSA) is 89.9 Å². The third-order valence-electron chi connectivity index (χ3n) is 5.44. The molecule has 0 saturated heterocycles. The van der Waals surface area contributed by atoms with Crippen molar-refractivity contribution in [3.05, 3.63) is 35.5 Å². The molecule has 23 heavy (non-hydrogen) atoms. The first-order valence-corrected chi connectivity index (χ1v) is 8.20. The standard InChI is InChI=1S/C16H18N6O/c17-21(10-2-1-3-10)16(23)14-12-7-9-6-11(9)15(12)22(20-14)13-8-18-4-5-19-13/h4-5,8-11H,1-3,6-7,17H2/t9-,11-/m1/s1. The molecule has 5 rings (SSSR count). The fraction of sp³-hybridized carbons (Fsp3) is 0.500. The van der Waals surface area contributed by atoms with Crippen LogP contribution in [0.5, 0.6) is 0 Å². The Kier molecular flexibility index (Phi) is 2.64. The van der Waals surface area contributed by atoms with Crippen molar-refractivity contribution < 1.29 is 4.79 Å². The Morgan fingerprint density at radius 1 is 1.35 bits per heavy atom. The van der Waals surface area contributed by atoms with Gasteiger partial charge in [0.2, 0.25) is 0 Å². The van der Waals surface area contributed by atoms with Crippen LogP contribution in [0, 0.1) is 5.92 Å². The van der Waals surface area contributed by atoms with Gasteiger partial charge in [-0.1, -0.05) is 0 Å². The lowest BCUT2D eigenvalue weighted by Crippen LogP contribution is -2.49. The molecule has 0 spiro atoms. The Labute approximate surface area is 133 Å². The van der Waals surface area contributed by atoms with E-state index in [1.807, 2.05) is 4.68 Å². The molecule has 118 valence electrons. The molecule has 0 bridgehead atoms. The Bertz CT molecular complexity index is 781. The van der Waals surface area contributed by atoms with Crippen molar-refractivity contribution in [2.24, 2.45) is 11.8 Å². The second-order valence-electron chi connectivity index (χ2n) is 6.79. The van der Waals surface area contributed by atoms with Crippen LogP contribution >= 0.6 is 0 Å². The predicted molar refractivity (Wildman–Crippen MR) is 81.7 cm³/mol. The Morgan fingerprint density at radius 2 is 2.22 bits per heavy atom. The monoisotopic (exact) mass is 310 g/mol. The number of carbonyl (C=O) groups excluding carboxylic acids is 1. The van der Waals surface area contributed by atoms with Crippen molar-refractivity contribution in [2.45, 2.75) is 44.1 Å². The highest BCUT2D eigenvalue weighted by Crippen LogP contribution is 2.57. The number of nitrogens with zero attached hydrogens (tertiary/aromatic N) is 5. The number of hydrogen-bond acceptors (Lipinski definition) is 5. The van der Waals surface area contributed by atoms with E-state index in [0.717, 1.165) is 36.9 Å². The molecule has 2 atom stereocenters. The van der Waals surface area contributed by atoms with Gasteiger partial charge in [0.1, 0.15) is 0 Å². The summed E-state index contributed by atoms with van der Waals surface area (Å²) in [5, 5.41) is 5.97. The lowest BCUT2D eigenvalue weighted by molar-refractivity contribution is 0.0571. The number of carbonyl (C=O) groups is 1. The Morgan fingerprint density at radius 3 is 2.91 bits per heavy atom. The van der Waals surface area contributed by atoms with E-state index < -0.39 is 0 Å². The summed E-state index contributed by atoms with van der Waals surface area (Å²) in [5.74, 6) is 7.73. The third kappa shape index (κ3) is 1.86. The summed E-state index contributed by atoms with van der Waals surface area (Å²) in [6.07, 6.45) is 10.2. The lowest BCUT2D eigenvalue weighted by atomic mass is 9.92. The van der Waals surface area contributed by atoms with Gasteiger partial charge in [0.15, 0.2) is 11.5 Å². The van der Waals surface area contributed by atoms with Gasteiger partial charge in [-0.2, -0.15) is 5.10 Å². The molecule has 0 aromatic carbocycles. The summed E-state index contributed by atoms with van der Waals surface area (Å²) >= 11 is 0. The van der Waals surface area contributed by atoms with Gasteiger partial charge in [-0.15, -0.1) is 0 Å². The molecule has 2 aromatic heterocycles. The van der Waals surface area contributed by atoms with Gasteiger partial charge >= 0.3 is 0 Å². The first-order chi connectivity index (χ1) is 11.2. The van der Waals surface area contributed by atoms with Crippen LogP contribution in [-0.4, -0.2) is 36.7 Å². The van der Waals surface area contributed by atoms with Crippen LogP contribution in [-0.2, 0) is 6.42 Å². The molecule has 1 amide bonds. The lowest BCUT2D eigenvalue weighted by Gasteiger charge is -2.33. The van der Waals surface area contributed by atoms with Crippen molar-refractivity contribution in [2.75, 3.05) is 0 Å². The number of aromatic nitrogens is 4. The van der Waals surface area contributed by atoms with E-state index in [1.54, 1.807) is 18.6 Å². The first kappa shape index (κ1) is 13.2. The van der Waals surface area contributed by atoms with Crippen molar-refractivity contribution in [3.8, 4) is 5.82 Å². The number of hydrazine groups is 1. The van der Waals surface area contributed by atoms with Gasteiger partial charge in [0.05, 0.1) is 11.9 Å². The van der Waals surface area contributed by atoms with Crippen LogP contribution in [0.4, 0.5) is 0 Å². The number of fused-ring (bicyclic) bond motifs is 3. The van der Waals surface area contributed by atoms with Crippen LogP contribution in [0.25, 0.3) is 5.82 Å². The summed E-state index contributed by atoms with van der Waals surface area (Å²) in [6.45, 7) is 0. The van der Waals surface area contributed by atoms with Crippen molar-refractivity contribution in [1.82, 2.24) is 24.8 Å². The van der Waals surface area contributed by atoms with E-state index in [2.05, 4.69) is 15.1 Å². The maximum absolute atomic E-state index is 12.8. The molecular formula is C16H18N6O. The van der Waals surface area contributed by atoms with Crippen LogP contribution in [0.1, 0.15) is 53.3 Å². The maximum atomic E-state index is 12.8. The molecule has 0 radical (unpaired) electrons. The highest BCUT2D eigenvalue weighted by Gasteiger charge is 2.50. The molecule has 0 aliphatic heterocycles. The minimum absolute atomic E-state index is 0.158. The van der Waals surface area contributed by atoms with Gasteiger partial charge in [0, 0.05) is 29.9 Å². The van der Waals surface area contributed by atoms with Crippen LogP contribution < -0.4 is 5.84 Å². The molecular weight excluding hydrogens is 292 g/mol. The van der Waals surface area contributed by atoms with Gasteiger partial charge in [0.25, 0.3) is 5.91 Å². The van der Waals surface area contributed by atoms with Gasteiger partial charge in [-0.3, -0.25) is 14.8 Å². The minimum atomic E-state index is -0.158. The van der Waals surface area contributed by atoms with Crippen molar-refractivity contribution >= 4 is 5.91 Å². The molecule has 3 aliphatic carbocycles.